The van der Waals surface area contributed by atoms with Crippen molar-refractivity contribution in [3.05, 3.63) is 0 Å². The summed E-state index contributed by atoms with van der Waals surface area (Å²) in [7, 11) is 0. The molecule has 0 atom stereocenters. The van der Waals surface area contributed by atoms with Crippen molar-refractivity contribution in [2.45, 2.75) is 44.9 Å². The third-order valence-electron chi connectivity index (χ3n) is 2.73. The second-order valence-electron chi connectivity index (χ2n) is 3.94. The zero-order chi connectivity index (χ0) is 10.2. The summed E-state index contributed by atoms with van der Waals surface area (Å²) < 4.78 is 0. The van der Waals surface area contributed by atoms with Crippen LogP contribution in [0.1, 0.15) is 44.9 Å². The SMILES string of the molecule is O=C(CCCCBr)N1CCCCCC1. The number of nitrogens with zero attached hydrogens (tertiary/aromatic N) is 1. The van der Waals surface area contributed by atoms with Gasteiger partial charge in [0.05, 0.1) is 0 Å². The molecule has 1 saturated heterocycles. The summed E-state index contributed by atoms with van der Waals surface area (Å²) in [6.45, 7) is 1.99. The zero-order valence-electron chi connectivity index (χ0n) is 8.80. The first kappa shape index (κ1) is 12.0. The van der Waals surface area contributed by atoms with E-state index in [0.29, 0.717) is 5.91 Å². The molecule has 1 fully saturated rings. The third kappa shape index (κ3) is 4.45. The summed E-state index contributed by atoms with van der Waals surface area (Å²) in [6, 6.07) is 0. The van der Waals surface area contributed by atoms with Gasteiger partial charge in [-0.15, -0.1) is 0 Å². The van der Waals surface area contributed by atoms with Gasteiger partial charge in [-0.2, -0.15) is 0 Å². The normalized spacial score (nSPS) is 17.9. The van der Waals surface area contributed by atoms with Crippen molar-refractivity contribution >= 4 is 21.8 Å². The van der Waals surface area contributed by atoms with Gasteiger partial charge in [0.2, 0.25) is 5.91 Å². The average molecular weight is 262 g/mol. The minimum Gasteiger partial charge on any atom is -0.343 e. The van der Waals surface area contributed by atoms with Crippen molar-refractivity contribution in [3.63, 3.8) is 0 Å². The Morgan fingerprint density at radius 1 is 1.07 bits per heavy atom. The Hall–Kier alpha value is -0.0500. The van der Waals surface area contributed by atoms with E-state index in [-0.39, 0.29) is 0 Å². The molecule has 1 heterocycles. The highest BCUT2D eigenvalue weighted by Gasteiger charge is 2.14. The molecule has 0 aromatic carbocycles. The van der Waals surface area contributed by atoms with Crippen LogP contribution in [-0.4, -0.2) is 29.2 Å². The van der Waals surface area contributed by atoms with Crippen molar-refractivity contribution in [2.24, 2.45) is 0 Å². The van der Waals surface area contributed by atoms with Gasteiger partial charge in [0, 0.05) is 24.8 Å². The van der Waals surface area contributed by atoms with Crippen LogP contribution in [0.3, 0.4) is 0 Å². The Morgan fingerprint density at radius 2 is 1.71 bits per heavy atom. The number of amides is 1. The Balaban J connectivity index is 2.20. The van der Waals surface area contributed by atoms with E-state index in [9.17, 15) is 4.79 Å². The van der Waals surface area contributed by atoms with Crippen molar-refractivity contribution in [1.82, 2.24) is 4.90 Å². The van der Waals surface area contributed by atoms with Gasteiger partial charge in [-0.25, -0.2) is 0 Å². The Bertz CT molecular complexity index is 165. The van der Waals surface area contributed by atoms with Gasteiger partial charge in [-0.3, -0.25) is 4.79 Å². The van der Waals surface area contributed by atoms with Gasteiger partial charge in [0.1, 0.15) is 0 Å². The molecule has 0 aromatic rings. The third-order valence-corrected chi connectivity index (χ3v) is 3.29. The summed E-state index contributed by atoms with van der Waals surface area (Å²) in [4.78, 5) is 13.8. The highest BCUT2D eigenvalue weighted by molar-refractivity contribution is 9.09. The highest BCUT2D eigenvalue weighted by atomic mass is 79.9. The van der Waals surface area contributed by atoms with Crippen molar-refractivity contribution in [2.75, 3.05) is 18.4 Å². The topological polar surface area (TPSA) is 20.3 Å². The fraction of sp³-hybridized carbons (Fsp3) is 0.909. The number of unbranched alkanes of at least 4 members (excludes halogenated alkanes) is 1. The highest BCUT2D eigenvalue weighted by Crippen LogP contribution is 2.11. The fourth-order valence-electron chi connectivity index (χ4n) is 1.85. The fourth-order valence-corrected chi connectivity index (χ4v) is 2.25. The first-order valence-electron chi connectivity index (χ1n) is 5.68. The summed E-state index contributed by atoms with van der Waals surface area (Å²) in [6.07, 6.45) is 7.87. The number of hydrogen-bond acceptors (Lipinski definition) is 1. The second-order valence-corrected chi connectivity index (χ2v) is 4.73. The van der Waals surface area contributed by atoms with Gasteiger partial charge < -0.3 is 4.90 Å². The Labute approximate surface area is 95.2 Å². The standard InChI is InChI=1S/C11H20BrNO/c12-8-4-3-7-11(14)13-9-5-1-2-6-10-13/h1-10H2. The first-order valence-corrected chi connectivity index (χ1v) is 6.80. The predicted octanol–water partition coefficient (Wildman–Crippen LogP) is 2.95. The lowest BCUT2D eigenvalue weighted by Gasteiger charge is -2.19. The Kier molecular flexibility index (Phi) is 6.24. The van der Waals surface area contributed by atoms with Crippen LogP contribution in [0.5, 0.6) is 0 Å². The summed E-state index contributed by atoms with van der Waals surface area (Å²) in [5.74, 6) is 0.368. The van der Waals surface area contributed by atoms with E-state index in [1.165, 1.54) is 25.7 Å². The van der Waals surface area contributed by atoms with Crippen LogP contribution in [0.2, 0.25) is 0 Å². The molecule has 1 aliphatic heterocycles. The Morgan fingerprint density at radius 3 is 2.29 bits per heavy atom. The lowest BCUT2D eigenvalue weighted by Crippen LogP contribution is -2.31. The van der Waals surface area contributed by atoms with E-state index in [4.69, 9.17) is 0 Å². The van der Waals surface area contributed by atoms with Crippen molar-refractivity contribution in [3.8, 4) is 0 Å². The van der Waals surface area contributed by atoms with E-state index >= 15 is 0 Å². The number of hydrogen-bond donors (Lipinski definition) is 0. The molecular weight excluding hydrogens is 242 g/mol. The lowest BCUT2D eigenvalue weighted by atomic mass is 10.2. The van der Waals surface area contributed by atoms with E-state index < -0.39 is 0 Å². The molecule has 0 aromatic heterocycles. The molecule has 1 amide bonds. The molecule has 1 aliphatic rings. The number of rotatable bonds is 4. The molecular formula is C11H20BrNO. The van der Waals surface area contributed by atoms with E-state index in [1.807, 2.05) is 0 Å². The molecule has 82 valence electrons. The predicted molar refractivity (Wildman–Crippen MR) is 62.7 cm³/mol. The van der Waals surface area contributed by atoms with Crippen LogP contribution in [0.15, 0.2) is 0 Å². The van der Waals surface area contributed by atoms with Crippen LogP contribution >= 0.6 is 15.9 Å². The number of likely N-dealkylation sites (tertiary alicyclic amines) is 1. The zero-order valence-corrected chi connectivity index (χ0v) is 10.4. The van der Waals surface area contributed by atoms with Crippen LogP contribution in [0.4, 0.5) is 0 Å². The van der Waals surface area contributed by atoms with Crippen LogP contribution in [0.25, 0.3) is 0 Å². The molecule has 14 heavy (non-hydrogen) atoms. The monoisotopic (exact) mass is 261 g/mol. The van der Waals surface area contributed by atoms with E-state index in [0.717, 1.165) is 37.7 Å². The van der Waals surface area contributed by atoms with Crippen LogP contribution in [-0.2, 0) is 4.79 Å². The number of carbonyl (C=O) groups excluding carboxylic acids is 1. The molecule has 0 radical (unpaired) electrons. The molecule has 0 aliphatic carbocycles. The number of carbonyl (C=O) groups is 1. The smallest absolute Gasteiger partial charge is 0.222 e. The molecule has 1 rings (SSSR count). The summed E-state index contributed by atoms with van der Waals surface area (Å²) in [5.41, 5.74) is 0. The van der Waals surface area contributed by atoms with Gasteiger partial charge >= 0.3 is 0 Å². The van der Waals surface area contributed by atoms with Gasteiger partial charge in [-0.05, 0) is 25.7 Å². The van der Waals surface area contributed by atoms with Gasteiger partial charge in [0.25, 0.3) is 0 Å². The van der Waals surface area contributed by atoms with Gasteiger partial charge in [-0.1, -0.05) is 28.8 Å². The lowest BCUT2D eigenvalue weighted by molar-refractivity contribution is -0.131. The molecule has 2 nitrogen and oxygen atoms in total. The maximum atomic E-state index is 11.7. The van der Waals surface area contributed by atoms with Crippen molar-refractivity contribution in [1.29, 1.82) is 0 Å². The molecule has 0 spiro atoms. The largest absolute Gasteiger partial charge is 0.343 e. The maximum Gasteiger partial charge on any atom is 0.222 e. The summed E-state index contributed by atoms with van der Waals surface area (Å²) >= 11 is 3.38. The van der Waals surface area contributed by atoms with Crippen LogP contribution in [0, 0.1) is 0 Å². The van der Waals surface area contributed by atoms with Crippen LogP contribution < -0.4 is 0 Å². The van der Waals surface area contributed by atoms with Crippen molar-refractivity contribution < 1.29 is 4.79 Å². The molecule has 0 saturated carbocycles. The van der Waals surface area contributed by atoms with E-state index in [2.05, 4.69) is 20.8 Å². The van der Waals surface area contributed by atoms with Gasteiger partial charge in [0.15, 0.2) is 0 Å². The molecule has 0 bridgehead atoms. The number of alkyl halides is 1. The number of halogens is 1. The molecule has 0 unspecified atom stereocenters. The molecule has 3 heteroatoms. The minimum absolute atomic E-state index is 0.368. The molecule has 0 N–H and O–H groups in total. The second kappa shape index (κ2) is 7.27. The minimum atomic E-state index is 0.368. The quantitative estimate of drug-likeness (QED) is 0.563. The summed E-state index contributed by atoms with van der Waals surface area (Å²) in [5, 5.41) is 1.01. The maximum absolute atomic E-state index is 11.7. The first-order chi connectivity index (χ1) is 6.84. The average Bonchev–Trinajstić information content (AvgIpc) is 2.46. The van der Waals surface area contributed by atoms with E-state index in [1.54, 1.807) is 0 Å².